The molecule has 1 fully saturated rings. The molecule has 1 saturated heterocycles. The fraction of sp³-hybridized carbons (Fsp3) is 0.875. The minimum atomic E-state index is 0.311. The topological polar surface area (TPSA) is 23.6 Å². The van der Waals surface area contributed by atoms with Gasteiger partial charge in [0, 0.05) is 33.1 Å². The highest BCUT2D eigenvalue weighted by atomic mass is 16.1. The zero-order valence-electron chi connectivity index (χ0n) is 7.29. The average Bonchev–Trinajstić information content (AvgIpc) is 2.05. The van der Waals surface area contributed by atoms with Crippen LogP contribution >= 0.6 is 0 Å². The summed E-state index contributed by atoms with van der Waals surface area (Å²) in [6.07, 6.45) is 3.12. The van der Waals surface area contributed by atoms with Crippen LogP contribution in [0.4, 0.5) is 0 Å². The van der Waals surface area contributed by atoms with E-state index >= 15 is 0 Å². The van der Waals surface area contributed by atoms with Crippen LogP contribution in [0.25, 0.3) is 0 Å². The maximum Gasteiger partial charge on any atom is 0.123 e. The Morgan fingerprint density at radius 1 is 1.36 bits per heavy atom. The minimum Gasteiger partial charge on any atom is -0.303 e. The van der Waals surface area contributed by atoms with E-state index in [4.69, 9.17) is 0 Å². The molecule has 0 saturated carbocycles. The second-order valence-electron chi connectivity index (χ2n) is 3.27. The van der Waals surface area contributed by atoms with E-state index < -0.39 is 0 Å². The van der Waals surface area contributed by atoms with Crippen LogP contribution in [0.1, 0.15) is 12.8 Å². The number of carbonyl (C=O) groups is 1. The van der Waals surface area contributed by atoms with Gasteiger partial charge in [0.25, 0.3) is 0 Å². The van der Waals surface area contributed by atoms with Crippen molar-refractivity contribution in [3.8, 4) is 0 Å². The molecule has 64 valence electrons. The molecule has 0 aromatic carbocycles. The van der Waals surface area contributed by atoms with E-state index in [0.29, 0.717) is 5.92 Å². The number of hydrogen-bond acceptors (Lipinski definition) is 3. The Hall–Kier alpha value is -0.410. The second kappa shape index (κ2) is 3.83. The summed E-state index contributed by atoms with van der Waals surface area (Å²) in [5, 5.41) is 4.36. The van der Waals surface area contributed by atoms with Crippen LogP contribution in [-0.4, -0.2) is 43.5 Å². The van der Waals surface area contributed by atoms with Crippen LogP contribution in [0.5, 0.6) is 0 Å². The maximum absolute atomic E-state index is 10.4. The Kier molecular flexibility index (Phi) is 3.02. The van der Waals surface area contributed by atoms with Crippen molar-refractivity contribution in [1.82, 2.24) is 10.0 Å². The van der Waals surface area contributed by atoms with Crippen LogP contribution in [-0.2, 0) is 4.79 Å². The molecule has 3 nitrogen and oxygen atoms in total. The molecule has 0 bridgehead atoms. The molecule has 0 aromatic rings. The summed E-state index contributed by atoms with van der Waals surface area (Å²) in [5.41, 5.74) is 0. The smallest absolute Gasteiger partial charge is 0.123 e. The van der Waals surface area contributed by atoms with Crippen molar-refractivity contribution in [2.75, 3.05) is 27.2 Å². The lowest BCUT2D eigenvalue weighted by Gasteiger charge is -2.34. The van der Waals surface area contributed by atoms with Gasteiger partial charge in [-0.2, -0.15) is 0 Å². The van der Waals surface area contributed by atoms with E-state index in [0.717, 1.165) is 32.2 Å². The van der Waals surface area contributed by atoms with E-state index in [1.165, 1.54) is 0 Å². The van der Waals surface area contributed by atoms with Crippen molar-refractivity contribution in [3.05, 3.63) is 0 Å². The largest absolute Gasteiger partial charge is 0.303 e. The molecule has 0 spiro atoms. The number of hydrazine groups is 1. The van der Waals surface area contributed by atoms with E-state index in [-0.39, 0.29) is 0 Å². The second-order valence-corrected chi connectivity index (χ2v) is 3.27. The Balaban J connectivity index is 2.29. The fourth-order valence-electron chi connectivity index (χ4n) is 1.42. The van der Waals surface area contributed by atoms with Crippen molar-refractivity contribution in [2.24, 2.45) is 5.92 Å². The zero-order chi connectivity index (χ0) is 8.27. The van der Waals surface area contributed by atoms with Gasteiger partial charge >= 0.3 is 0 Å². The lowest BCUT2D eigenvalue weighted by atomic mass is 10.00. The quantitative estimate of drug-likeness (QED) is 0.540. The minimum absolute atomic E-state index is 0.311. The Labute approximate surface area is 67.9 Å². The average molecular weight is 156 g/mol. The number of carbonyl (C=O) groups excluding carboxylic acids is 1. The van der Waals surface area contributed by atoms with Crippen LogP contribution in [0, 0.1) is 5.92 Å². The molecule has 0 amide bonds. The van der Waals surface area contributed by atoms with Crippen LogP contribution in [0.3, 0.4) is 0 Å². The van der Waals surface area contributed by atoms with Gasteiger partial charge in [-0.1, -0.05) is 0 Å². The molecule has 11 heavy (non-hydrogen) atoms. The number of aldehydes is 1. The summed E-state index contributed by atoms with van der Waals surface area (Å²) in [7, 11) is 4.09. The Bertz CT molecular complexity index is 128. The first-order valence-electron chi connectivity index (χ1n) is 4.11. The van der Waals surface area contributed by atoms with Crippen molar-refractivity contribution < 1.29 is 4.79 Å². The highest BCUT2D eigenvalue weighted by Crippen LogP contribution is 2.14. The molecular weight excluding hydrogens is 140 g/mol. The van der Waals surface area contributed by atoms with Crippen LogP contribution < -0.4 is 0 Å². The normalized spacial score (nSPS) is 22.5. The molecule has 0 aliphatic carbocycles. The van der Waals surface area contributed by atoms with E-state index in [1.54, 1.807) is 0 Å². The molecule has 0 atom stereocenters. The van der Waals surface area contributed by atoms with Gasteiger partial charge in [-0.05, 0) is 12.8 Å². The molecule has 1 aliphatic heterocycles. The van der Waals surface area contributed by atoms with Gasteiger partial charge in [0.1, 0.15) is 6.29 Å². The number of rotatable bonds is 2. The van der Waals surface area contributed by atoms with E-state index in [9.17, 15) is 4.79 Å². The molecule has 0 radical (unpaired) electrons. The Morgan fingerprint density at radius 3 is 2.27 bits per heavy atom. The third kappa shape index (κ3) is 2.27. The van der Waals surface area contributed by atoms with Gasteiger partial charge in [0.05, 0.1) is 0 Å². The van der Waals surface area contributed by atoms with Gasteiger partial charge < -0.3 is 4.79 Å². The lowest BCUT2D eigenvalue weighted by molar-refractivity contribution is -0.113. The first-order valence-corrected chi connectivity index (χ1v) is 4.11. The zero-order valence-corrected chi connectivity index (χ0v) is 7.29. The molecule has 0 unspecified atom stereocenters. The first kappa shape index (κ1) is 8.68. The van der Waals surface area contributed by atoms with Crippen molar-refractivity contribution >= 4 is 6.29 Å². The van der Waals surface area contributed by atoms with Crippen LogP contribution in [0.15, 0.2) is 0 Å². The van der Waals surface area contributed by atoms with Gasteiger partial charge in [-0.15, -0.1) is 0 Å². The highest BCUT2D eigenvalue weighted by Gasteiger charge is 2.18. The maximum atomic E-state index is 10.4. The highest BCUT2D eigenvalue weighted by molar-refractivity contribution is 5.53. The lowest BCUT2D eigenvalue weighted by Crippen LogP contribution is -2.42. The summed E-state index contributed by atoms with van der Waals surface area (Å²) < 4.78 is 0. The van der Waals surface area contributed by atoms with Crippen LogP contribution in [0.2, 0.25) is 0 Å². The summed E-state index contributed by atoms with van der Waals surface area (Å²) in [6.45, 7) is 2.05. The van der Waals surface area contributed by atoms with E-state index in [1.807, 2.05) is 14.1 Å². The monoisotopic (exact) mass is 156 g/mol. The van der Waals surface area contributed by atoms with Gasteiger partial charge in [0.15, 0.2) is 0 Å². The molecular formula is C8H16N2O. The summed E-state index contributed by atoms with van der Waals surface area (Å²) in [4.78, 5) is 10.4. The Morgan fingerprint density at radius 2 is 1.91 bits per heavy atom. The van der Waals surface area contributed by atoms with Crippen molar-refractivity contribution in [1.29, 1.82) is 0 Å². The molecule has 0 N–H and O–H groups in total. The van der Waals surface area contributed by atoms with E-state index in [2.05, 4.69) is 10.0 Å². The third-order valence-electron chi connectivity index (χ3n) is 2.27. The fourth-order valence-corrected chi connectivity index (χ4v) is 1.42. The van der Waals surface area contributed by atoms with Gasteiger partial charge in [-0.25, -0.2) is 10.0 Å². The summed E-state index contributed by atoms with van der Waals surface area (Å²) >= 11 is 0. The third-order valence-corrected chi connectivity index (χ3v) is 2.27. The van der Waals surface area contributed by atoms with Gasteiger partial charge in [-0.3, -0.25) is 0 Å². The standard InChI is InChI=1S/C8H16N2O/c1-9(2)10-5-3-8(7-11)4-6-10/h7-8H,3-6H2,1-2H3. The molecule has 0 aromatic heterocycles. The summed E-state index contributed by atoms with van der Waals surface area (Å²) in [5.74, 6) is 0.311. The molecule has 1 rings (SSSR count). The SMILES string of the molecule is CN(C)N1CCC(C=O)CC1. The molecule has 1 aliphatic rings. The van der Waals surface area contributed by atoms with Gasteiger partial charge in [0.2, 0.25) is 0 Å². The molecule has 1 heterocycles. The summed E-state index contributed by atoms with van der Waals surface area (Å²) in [6, 6.07) is 0. The predicted octanol–water partition coefficient (Wildman–Crippen LogP) is 0.374. The predicted molar refractivity (Wildman–Crippen MR) is 44.0 cm³/mol. The van der Waals surface area contributed by atoms with Crippen molar-refractivity contribution in [2.45, 2.75) is 12.8 Å². The first-order chi connectivity index (χ1) is 5.24. The number of piperidine rings is 1. The number of nitrogens with zero attached hydrogens (tertiary/aromatic N) is 2. The number of hydrogen-bond donors (Lipinski definition) is 0. The molecule has 3 heteroatoms. The van der Waals surface area contributed by atoms with Crippen molar-refractivity contribution in [3.63, 3.8) is 0 Å².